The molecule has 0 saturated carbocycles. The molecule has 2 amide bonds. The molecular formula is C22H21ClN2O4. The van der Waals surface area contributed by atoms with Gasteiger partial charge in [0.2, 0.25) is 5.91 Å². The average molecular weight is 413 g/mol. The Morgan fingerprint density at radius 1 is 1.07 bits per heavy atom. The lowest BCUT2D eigenvalue weighted by molar-refractivity contribution is -0.116. The van der Waals surface area contributed by atoms with Gasteiger partial charge in [-0.2, -0.15) is 0 Å². The van der Waals surface area contributed by atoms with E-state index in [1.165, 1.54) is 12.0 Å². The number of anilines is 1. The van der Waals surface area contributed by atoms with Gasteiger partial charge in [0, 0.05) is 12.1 Å². The first-order chi connectivity index (χ1) is 14.0. The number of amides is 2. The van der Waals surface area contributed by atoms with Gasteiger partial charge in [0.25, 0.3) is 5.91 Å². The van der Waals surface area contributed by atoms with E-state index in [1.54, 1.807) is 43.3 Å². The number of halogens is 1. The van der Waals surface area contributed by atoms with Crippen LogP contribution in [0.3, 0.4) is 0 Å². The lowest BCUT2D eigenvalue weighted by Crippen LogP contribution is -2.37. The Bertz CT molecular complexity index is 1020. The predicted octanol–water partition coefficient (Wildman–Crippen LogP) is 4.71. The molecule has 0 radical (unpaired) electrons. The largest absolute Gasteiger partial charge is 0.495 e. The van der Waals surface area contributed by atoms with Crippen molar-refractivity contribution < 1.29 is 18.7 Å². The molecule has 0 saturated heterocycles. The highest BCUT2D eigenvalue weighted by Gasteiger charge is 2.21. The van der Waals surface area contributed by atoms with Crippen LogP contribution in [0.5, 0.6) is 5.75 Å². The second-order valence-corrected chi connectivity index (χ2v) is 6.62. The minimum Gasteiger partial charge on any atom is -0.495 e. The van der Waals surface area contributed by atoms with Crippen molar-refractivity contribution in [2.75, 3.05) is 25.5 Å². The third-order valence-corrected chi connectivity index (χ3v) is 4.67. The first-order valence-electron chi connectivity index (χ1n) is 9.10. The molecule has 7 heteroatoms. The van der Waals surface area contributed by atoms with E-state index in [-0.39, 0.29) is 24.1 Å². The Morgan fingerprint density at radius 2 is 1.79 bits per heavy atom. The molecule has 0 atom stereocenters. The molecule has 1 aromatic heterocycles. The normalized spacial score (nSPS) is 10.4. The summed E-state index contributed by atoms with van der Waals surface area (Å²) in [5, 5.41) is 3.30. The Kier molecular flexibility index (Phi) is 6.57. The molecule has 1 N–H and O–H groups in total. The predicted molar refractivity (Wildman–Crippen MR) is 112 cm³/mol. The van der Waals surface area contributed by atoms with Crippen LogP contribution >= 0.6 is 11.6 Å². The van der Waals surface area contributed by atoms with Crippen molar-refractivity contribution in [3.05, 3.63) is 71.4 Å². The Hall–Kier alpha value is -3.25. The lowest BCUT2D eigenvalue weighted by atomic mass is 10.2. The number of carbonyl (C=O) groups excluding carboxylic acids is 2. The molecule has 0 aliphatic heterocycles. The van der Waals surface area contributed by atoms with Crippen LogP contribution in [0.15, 0.2) is 65.1 Å². The van der Waals surface area contributed by atoms with E-state index in [0.29, 0.717) is 34.3 Å². The first-order valence-corrected chi connectivity index (χ1v) is 9.48. The Morgan fingerprint density at radius 3 is 2.52 bits per heavy atom. The van der Waals surface area contributed by atoms with Crippen LogP contribution in [-0.4, -0.2) is 36.9 Å². The summed E-state index contributed by atoms with van der Waals surface area (Å²) in [5.41, 5.74) is 1.24. The van der Waals surface area contributed by atoms with Crippen molar-refractivity contribution in [1.29, 1.82) is 0 Å². The van der Waals surface area contributed by atoms with E-state index in [2.05, 4.69) is 5.32 Å². The quantitative estimate of drug-likeness (QED) is 0.610. The lowest BCUT2D eigenvalue weighted by Gasteiger charge is -2.19. The fourth-order valence-electron chi connectivity index (χ4n) is 2.85. The molecule has 1 heterocycles. The number of likely N-dealkylation sites (N-methyl/N-ethyl adjacent to an activating group) is 1. The molecule has 6 nitrogen and oxygen atoms in total. The second kappa shape index (κ2) is 9.30. The minimum atomic E-state index is -0.374. The Labute approximate surface area is 174 Å². The van der Waals surface area contributed by atoms with Gasteiger partial charge >= 0.3 is 0 Å². The number of para-hydroxylation sites is 2. The topological polar surface area (TPSA) is 71.8 Å². The first kappa shape index (κ1) is 20.5. The fraction of sp³-hybridized carbons (Fsp3) is 0.182. The SMILES string of the molecule is CCN(CC(=O)Nc1ccccc1OC)C(=O)c1ccc(-c2ccccc2Cl)o1. The molecule has 2 aromatic carbocycles. The molecular weight excluding hydrogens is 392 g/mol. The van der Waals surface area contributed by atoms with Crippen LogP contribution in [0.4, 0.5) is 5.69 Å². The molecule has 0 aliphatic rings. The minimum absolute atomic E-state index is 0.116. The zero-order valence-corrected chi connectivity index (χ0v) is 16.9. The number of hydrogen-bond donors (Lipinski definition) is 1. The average Bonchev–Trinajstić information content (AvgIpc) is 3.22. The smallest absolute Gasteiger partial charge is 0.290 e. The van der Waals surface area contributed by atoms with Gasteiger partial charge in [-0.25, -0.2) is 0 Å². The molecule has 0 fully saturated rings. The molecule has 0 bridgehead atoms. The van der Waals surface area contributed by atoms with Crippen LogP contribution in [-0.2, 0) is 4.79 Å². The summed E-state index contributed by atoms with van der Waals surface area (Å²) in [6, 6.07) is 17.6. The summed E-state index contributed by atoms with van der Waals surface area (Å²) in [6.07, 6.45) is 0. The number of rotatable bonds is 7. The summed E-state index contributed by atoms with van der Waals surface area (Å²) >= 11 is 6.19. The van der Waals surface area contributed by atoms with E-state index in [4.69, 9.17) is 20.8 Å². The zero-order valence-electron chi connectivity index (χ0n) is 16.1. The molecule has 0 spiro atoms. The van der Waals surface area contributed by atoms with Gasteiger partial charge in [0.15, 0.2) is 5.76 Å². The second-order valence-electron chi connectivity index (χ2n) is 6.21. The van der Waals surface area contributed by atoms with Crippen LogP contribution in [0, 0.1) is 0 Å². The zero-order chi connectivity index (χ0) is 20.8. The summed E-state index contributed by atoms with van der Waals surface area (Å²) in [4.78, 5) is 26.7. The van der Waals surface area contributed by atoms with E-state index in [9.17, 15) is 9.59 Å². The van der Waals surface area contributed by atoms with Gasteiger partial charge in [0.1, 0.15) is 18.1 Å². The number of furan rings is 1. The molecule has 29 heavy (non-hydrogen) atoms. The van der Waals surface area contributed by atoms with Gasteiger partial charge in [-0.05, 0) is 43.3 Å². The molecule has 150 valence electrons. The fourth-order valence-corrected chi connectivity index (χ4v) is 3.08. The monoisotopic (exact) mass is 412 g/mol. The molecule has 3 rings (SSSR count). The number of carbonyl (C=O) groups is 2. The third kappa shape index (κ3) is 4.78. The number of nitrogens with zero attached hydrogens (tertiary/aromatic N) is 1. The van der Waals surface area contributed by atoms with Gasteiger partial charge in [-0.15, -0.1) is 0 Å². The number of hydrogen-bond acceptors (Lipinski definition) is 4. The van der Waals surface area contributed by atoms with Crippen LogP contribution in [0.25, 0.3) is 11.3 Å². The maximum atomic E-state index is 12.8. The van der Waals surface area contributed by atoms with Gasteiger partial charge in [0.05, 0.1) is 17.8 Å². The van der Waals surface area contributed by atoms with Crippen molar-refractivity contribution in [2.45, 2.75) is 6.92 Å². The summed E-state index contributed by atoms with van der Waals surface area (Å²) < 4.78 is 10.9. The molecule has 0 aliphatic carbocycles. The van der Waals surface area contributed by atoms with Crippen molar-refractivity contribution in [1.82, 2.24) is 4.90 Å². The van der Waals surface area contributed by atoms with Crippen molar-refractivity contribution in [3.63, 3.8) is 0 Å². The number of benzene rings is 2. The molecule has 3 aromatic rings. The molecule has 0 unspecified atom stereocenters. The maximum Gasteiger partial charge on any atom is 0.290 e. The highest BCUT2D eigenvalue weighted by molar-refractivity contribution is 6.33. The van der Waals surface area contributed by atoms with E-state index in [1.807, 2.05) is 24.3 Å². The number of nitrogens with one attached hydrogen (secondary N) is 1. The summed E-state index contributed by atoms with van der Waals surface area (Å²) in [6.45, 7) is 2.03. The van der Waals surface area contributed by atoms with E-state index >= 15 is 0 Å². The van der Waals surface area contributed by atoms with E-state index in [0.717, 1.165) is 0 Å². The standard InChI is InChI=1S/C22H21ClN2O4/c1-3-25(14-21(26)24-17-10-6-7-11-19(17)28-2)22(27)20-13-12-18(29-20)15-8-4-5-9-16(15)23/h4-13H,3,14H2,1-2H3,(H,24,26). The van der Waals surface area contributed by atoms with Gasteiger partial charge in [-0.1, -0.05) is 35.9 Å². The number of ether oxygens (including phenoxy) is 1. The van der Waals surface area contributed by atoms with Crippen molar-refractivity contribution >= 4 is 29.1 Å². The van der Waals surface area contributed by atoms with Gasteiger partial charge < -0.3 is 19.4 Å². The number of methoxy groups -OCH3 is 1. The third-order valence-electron chi connectivity index (χ3n) is 4.34. The summed E-state index contributed by atoms with van der Waals surface area (Å²) in [7, 11) is 1.53. The van der Waals surface area contributed by atoms with Crippen LogP contribution < -0.4 is 10.1 Å². The Balaban J connectivity index is 1.71. The van der Waals surface area contributed by atoms with E-state index < -0.39 is 0 Å². The van der Waals surface area contributed by atoms with Gasteiger partial charge in [-0.3, -0.25) is 9.59 Å². The maximum absolute atomic E-state index is 12.8. The van der Waals surface area contributed by atoms with Crippen molar-refractivity contribution in [3.8, 4) is 17.1 Å². The van der Waals surface area contributed by atoms with Crippen LogP contribution in [0.1, 0.15) is 17.5 Å². The highest BCUT2D eigenvalue weighted by atomic mass is 35.5. The highest BCUT2D eigenvalue weighted by Crippen LogP contribution is 2.29. The van der Waals surface area contributed by atoms with Crippen LogP contribution in [0.2, 0.25) is 5.02 Å². The van der Waals surface area contributed by atoms with Crippen molar-refractivity contribution in [2.24, 2.45) is 0 Å². The summed E-state index contributed by atoms with van der Waals surface area (Å²) in [5.74, 6) is 0.481.